The van der Waals surface area contributed by atoms with Gasteiger partial charge in [0, 0.05) is 26.2 Å². The van der Waals surface area contributed by atoms with Crippen LogP contribution in [0.4, 0.5) is 0 Å². The molecule has 0 aromatic heterocycles. The quantitative estimate of drug-likeness (QED) is 0.418. The van der Waals surface area contributed by atoms with Crippen molar-refractivity contribution in [1.82, 2.24) is 0 Å². The van der Waals surface area contributed by atoms with Crippen molar-refractivity contribution in [1.29, 1.82) is 0 Å². The molecular formula is H6AlCl3OSiZr. The van der Waals surface area contributed by atoms with E-state index in [-0.39, 0.29) is 49.0 Å². The third-order valence-electron chi connectivity index (χ3n) is 0. The molecule has 0 rings (SSSR count). The molecule has 0 atom stereocenters. The van der Waals surface area contributed by atoms with E-state index in [0.717, 1.165) is 0 Å². The molecule has 7 heteroatoms. The second-order valence-electron chi connectivity index (χ2n) is 0.247. The van der Waals surface area contributed by atoms with Crippen LogP contribution in [0.2, 0.25) is 0 Å². The average molecular weight is 275 g/mol. The Labute approximate surface area is 88.0 Å². The molecule has 0 aliphatic rings. The summed E-state index contributed by atoms with van der Waals surface area (Å²) in [5.41, 5.74) is 0. The van der Waals surface area contributed by atoms with Gasteiger partial charge in [0.15, 0.2) is 17.4 Å². The van der Waals surface area contributed by atoms with Crippen LogP contribution in [0.5, 0.6) is 0 Å². The van der Waals surface area contributed by atoms with Crippen molar-refractivity contribution >= 4 is 57.3 Å². The number of rotatable bonds is 0. The van der Waals surface area contributed by atoms with Gasteiger partial charge in [-0.25, -0.2) is 0 Å². The zero-order valence-electron chi connectivity index (χ0n) is 2.71. The average Bonchev–Trinajstić information content (AvgIpc) is 0.811. The maximum atomic E-state index is 4.94. The topological polar surface area (TPSA) is 31.5 Å². The Kier molecular flexibility index (Phi) is 51.2. The Bertz CT molecular complexity index is 19.7. The van der Waals surface area contributed by atoms with Crippen LogP contribution in [0.25, 0.3) is 0 Å². The first-order valence-corrected chi connectivity index (χ1v) is 5.89. The van der Waals surface area contributed by atoms with E-state index in [0.29, 0.717) is 0 Å². The Balaban J connectivity index is -0.0000000150. The molecule has 0 saturated carbocycles. The fourth-order valence-corrected chi connectivity index (χ4v) is 0. The van der Waals surface area contributed by atoms with Crippen molar-refractivity contribution in [2.24, 2.45) is 0 Å². The van der Waals surface area contributed by atoms with Crippen molar-refractivity contribution in [2.75, 3.05) is 0 Å². The van der Waals surface area contributed by atoms with Gasteiger partial charge < -0.3 is 5.48 Å². The smallest absolute Gasteiger partial charge is 0.326 e. The van der Waals surface area contributed by atoms with E-state index in [1.807, 2.05) is 0 Å². The van der Waals surface area contributed by atoms with Crippen LogP contribution >= 0.6 is 33.2 Å². The molecule has 0 bridgehead atoms. The molecule has 44 valence electrons. The number of halogens is 3. The normalized spacial score (nSPS) is 5.14. The monoisotopic (exact) mass is 272 g/mol. The predicted molar refractivity (Wildman–Crippen MR) is 38.3 cm³/mol. The molecule has 1 nitrogen and oxygen atoms in total. The largest absolute Gasteiger partial charge is 0.412 e. The SMILES string of the molecule is Cl[SiH](Cl)Cl.O.[AlH3].[Zr]. The molecule has 0 saturated heterocycles. The predicted octanol–water partition coefficient (Wildman–Crippen LogP) is -0.591. The molecule has 0 aromatic rings. The van der Waals surface area contributed by atoms with Gasteiger partial charge >= 0.3 is 6.73 Å². The summed E-state index contributed by atoms with van der Waals surface area (Å²) in [6, 6.07) is 0. The van der Waals surface area contributed by atoms with Gasteiger partial charge in [0.1, 0.15) is 0 Å². The maximum absolute atomic E-state index is 4.94. The minimum absolute atomic E-state index is 0. The summed E-state index contributed by atoms with van der Waals surface area (Å²) in [7, 11) is 0. The minimum atomic E-state index is -1.72. The maximum Gasteiger partial charge on any atom is 0.326 e. The fraction of sp³-hybridized carbons (Fsp3) is 0. The van der Waals surface area contributed by atoms with Crippen LogP contribution in [0.1, 0.15) is 0 Å². The molecule has 0 radical (unpaired) electrons. The summed E-state index contributed by atoms with van der Waals surface area (Å²) in [5, 5.41) is 0. The molecule has 0 aromatic carbocycles. The zero-order valence-corrected chi connectivity index (χ0v) is 8.59. The van der Waals surface area contributed by atoms with Gasteiger partial charge in [-0.3, -0.25) is 0 Å². The zero-order chi connectivity index (χ0) is 3.58. The summed E-state index contributed by atoms with van der Waals surface area (Å²) >= 11 is 14.8. The van der Waals surface area contributed by atoms with Crippen LogP contribution < -0.4 is 0 Å². The van der Waals surface area contributed by atoms with E-state index < -0.39 is 6.73 Å². The molecular weight excluding hydrogens is 269 g/mol. The van der Waals surface area contributed by atoms with Crippen LogP contribution in [-0.2, 0) is 26.2 Å². The van der Waals surface area contributed by atoms with Crippen LogP contribution in [0, 0.1) is 0 Å². The summed E-state index contributed by atoms with van der Waals surface area (Å²) in [6.45, 7) is -1.72. The van der Waals surface area contributed by atoms with E-state index in [2.05, 4.69) is 0 Å². The second kappa shape index (κ2) is 15.8. The molecule has 0 amide bonds. The Morgan fingerprint density at radius 1 is 1.00 bits per heavy atom. The van der Waals surface area contributed by atoms with Gasteiger partial charge in [-0.05, 0) is 0 Å². The molecule has 0 heterocycles. The summed E-state index contributed by atoms with van der Waals surface area (Å²) < 4.78 is 0. The van der Waals surface area contributed by atoms with Crippen LogP contribution in [0.15, 0.2) is 0 Å². The third-order valence-corrected chi connectivity index (χ3v) is 0. The molecule has 0 unspecified atom stereocenters. The minimum Gasteiger partial charge on any atom is -0.412 e. The standard InChI is InChI=1S/Al.Cl3HSi.H2O.Zr.3H/c;1-4(2)3;;;;;/h;4H;1H2;;;;. The first-order valence-electron chi connectivity index (χ1n) is 0.655. The van der Waals surface area contributed by atoms with Gasteiger partial charge in [0.2, 0.25) is 0 Å². The third kappa shape index (κ3) is 58.3. The molecule has 0 aliphatic carbocycles. The second-order valence-corrected chi connectivity index (χ2v) is 6.68. The van der Waals surface area contributed by atoms with E-state index in [1.54, 1.807) is 0 Å². The van der Waals surface area contributed by atoms with Gasteiger partial charge in [0.25, 0.3) is 0 Å². The Hall–Kier alpha value is 2.46. The van der Waals surface area contributed by atoms with Crippen LogP contribution in [0.3, 0.4) is 0 Å². The summed E-state index contributed by atoms with van der Waals surface area (Å²) in [4.78, 5) is 0. The van der Waals surface area contributed by atoms with Crippen LogP contribution in [-0.4, -0.2) is 29.6 Å². The van der Waals surface area contributed by atoms with Crippen molar-refractivity contribution in [3.63, 3.8) is 0 Å². The van der Waals surface area contributed by atoms with Gasteiger partial charge in [-0.1, -0.05) is 0 Å². The van der Waals surface area contributed by atoms with E-state index in [1.165, 1.54) is 0 Å². The molecule has 0 aliphatic heterocycles. The van der Waals surface area contributed by atoms with Gasteiger partial charge in [-0.2, -0.15) is 0 Å². The van der Waals surface area contributed by atoms with Gasteiger partial charge in [0.05, 0.1) is 0 Å². The molecule has 0 spiro atoms. The Morgan fingerprint density at radius 2 is 1.00 bits per heavy atom. The van der Waals surface area contributed by atoms with E-state index >= 15 is 0 Å². The van der Waals surface area contributed by atoms with E-state index in [4.69, 9.17) is 33.2 Å². The molecule has 7 heavy (non-hydrogen) atoms. The summed E-state index contributed by atoms with van der Waals surface area (Å²) in [5.74, 6) is 0. The molecule has 2 N–H and O–H groups in total. The van der Waals surface area contributed by atoms with E-state index in [9.17, 15) is 0 Å². The van der Waals surface area contributed by atoms with Gasteiger partial charge in [-0.15, -0.1) is 33.2 Å². The molecule has 0 fully saturated rings. The van der Waals surface area contributed by atoms with Crippen molar-refractivity contribution < 1.29 is 31.7 Å². The number of hydrogen-bond donors (Lipinski definition) is 0. The number of hydrogen-bond acceptors (Lipinski definition) is 0. The summed E-state index contributed by atoms with van der Waals surface area (Å²) in [6.07, 6.45) is 0. The Morgan fingerprint density at radius 3 is 1.00 bits per heavy atom. The first kappa shape index (κ1) is 22.7. The first-order chi connectivity index (χ1) is 1.73. The van der Waals surface area contributed by atoms with Crippen molar-refractivity contribution in [3.8, 4) is 0 Å². The fourth-order valence-electron chi connectivity index (χ4n) is 0. The van der Waals surface area contributed by atoms with Crippen molar-refractivity contribution in [3.05, 3.63) is 0 Å². The van der Waals surface area contributed by atoms with Crippen molar-refractivity contribution in [2.45, 2.75) is 0 Å².